The maximum Gasteiger partial charge on any atom is 0.119 e. The molecule has 2 aromatic rings. The van der Waals surface area contributed by atoms with Gasteiger partial charge in [-0.15, -0.1) is 0 Å². The maximum absolute atomic E-state index is 10.4. The van der Waals surface area contributed by atoms with E-state index in [4.69, 9.17) is 0 Å². The van der Waals surface area contributed by atoms with Gasteiger partial charge in [0.05, 0.1) is 0 Å². The molecule has 0 aliphatic rings. The third-order valence-electron chi connectivity index (χ3n) is 2.59. The Hall–Kier alpha value is -2.03. The second kappa shape index (κ2) is 4.23. The minimum absolute atomic E-state index is 0.0818. The number of carboxylic acid groups (broad SMARTS) is 1. The fourth-order valence-corrected chi connectivity index (χ4v) is 1.81. The molecule has 3 nitrogen and oxygen atoms in total. The number of fused-ring (bicyclic) bond motifs is 1. The molecule has 0 saturated heterocycles. The molecule has 0 fully saturated rings. The van der Waals surface area contributed by atoms with Crippen molar-refractivity contribution in [2.45, 2.75) is 12.8 Å². The van der Waals surface area contributed by atoms with E-state index in [1.54, 1.807) is 6.07 Å². The van der Waals surface area contributed by atoms with Gasteiger partial charge in [0, 0.05) is 11.5 Å². The molecule has 1 N–H and O–H groups in total. The smallest absolute Gasteiger partial charge is 0.119 e. The van der Waals surface area contributed by atoms with Crippen LogP contribution in [0.1, 0.15) is 12.0 Å². The lowest BCUT2D eigenvalue weighted by atomic mass is 10.00. The van der Waals surface area contributed by atoms with E-state index in [1.165, 1.54) is 0 Å². The summed E-state index contributed by atoms with van der Waals surface area (Å²) in [6.45, 7) is 0. The highest BCUT2D eigenvalue weighted by Gasteiger charge is 2.06. The maximum atomic E-state index is 10.4. The number of aliphatic carboxylic acids is 1. The van der Waals surface area contributed by atoms with Gasteiger partial charge in [0.1, 0.15) is 5.75 Å². The van der Waals surface area contributed by atoms with Crippen molar-refractivity contribution >= 4 is 16.7 Å². The van der Waals surface area contributed by atoms with E-state index in [0.717, 1.165) is 10.8 Å². The van der Waals surface area contributed by atoms with E-state index < -0.39 is 5.97 Å². The van der Waals surface area contributed by atoms with Crippen LogP contribution in [0.3, 0.4) is 0 Å². The van der Waals surface area contributed by atoms with Crippen molar-refractivity contribution in [2.24, 2.45) is 0 Å². The summed E-state index contributed by atoms with van der Waals surface area (Å²) in [5.41, 5.74) is 0.669. The molecular formula is C13H11O3-. The first kappa shape index (κ1) is 10.5. The van der Waals surface area contributed by atoms with Crippen molar-refractivity contribution in [3.05, 3.63) is 42.0 Å². The van der Waals surface area contributed by atoms with E-state index in [-0.39, 0.29) is 18.6 Å². The van der Waals surface area contributed by atoms with E-state index in [1.807, 2.05) is 30.3 Å². The molecular weight excluding hydrogens is 204 g/mol. The van der Waals surface area contributed by atoms with Crippen LogP contribution in [0.4, 0.5) is 0 Å². The van der Waals surface area contributed by atoms with Gasteiger partial charge in [-0.3, -0.25) is 0 Å². The number of carbonyl (C=O) groups is 1. The van der Waals surface area contributed by atoms with E-state index >= 15 is 0 Å². The van der Waals surface area contributed by atoms with Gasteiger partial charge in [-0.05, 0) is 29.7 Å². The van der Waals surface area contributed by atoms with Crippen LogP contribution in [0.2, 0.25) is 0 Å². The van der Waals surface area contributed by atoms with Crippen LogP contribution < -0.4 is 5.11 Å². The molecule has 0 amide bonds. The van der Waals surface area contributed by atoms with Gasteiger partial charge >= 0.3 is 0 Å². The van der Waals surface area contributed by atoms with Crippen molar-refractivity contribution in [3.8, 4) is 5.75 Å². The summed E-state index contributed by atoms with van der Waals surface area (Å²) in [6, 6.07) is 11.0. The summed E-state index contributed by atoms with van der Waals surface area (Å²) in [6.07, 6.45) is 0.205. The zero-order valence-electron chi connectivity index (χ0n) is 8.64. The summed E-state index contributed by atoms with van der Waals surface area (Å²) in [7, 11) is 0. The van der Waals surface area contributed by atoms with Crippen LogP contribution in [0.25, 0.3) is 10.8 Å². The van der Waals surface area contributed by atoms with Gasteiger partial charge in [0.25, 0.3) is 0 Å². The zero-order chi connectivity index (χ0) is 11.5. The van der Waals surface area contributed by atoms with Gasteiger partial charge < -0.3 is 15.0 Å². The summed E-state index contributed by atoms with van der Waals surface area (Å²) in [5.74, 6) is -0.965. The Morgan fingerprint density at radius 1 is 1.19 bits per heavy atom. The van der Waals surface area contributed by atoms with Crippen molar-refractivity contribution < 1.29 is 15.0 Å². The average Bonchev–Trinajstić information content (AvgIpc) is 2.27. The van der Waals surface area contributed by atoms with Crippen molar-refractivity contribution in [3.63, 3.8) is 0 Å². The average molecular weight is 215 g/mol. The molecule has 0 aliphatic carbocycles. The monoisotopic (exact) mass is 215 g/mol. The molecule has 2 rings (SSSR count). The first-order valence-corrected chi connectivity index (χ1v) is 5.08. The molecule has 0 unspecified atom stereocenters. The highest BCUT2D eigenvalue weighted by molar-refractivity contribution is 5.88. The molecule has 16 heavy (non-hydrogen) atoms. The van der Waals surface area contributed by atoms with Crippen LogP contribution in [-0.2, 0) is 11.2 Å². The van der Waals surface area contributed by atoms with Gasteiger partial charge in [-0.2, -0.15) is 0 Å². The molecule has 0 heterocycles. The number of hydrogen-bond donors (Lipinski definition) is 1. The number of carboxylic acids is 1. The van der Waals surface area contributed by atoms with Crippen LogP contribution >= 0.6 is 0 Å². The number of rotatable bonds is 3. The van der Waals surface area contributed by atoms with Crippen molar-refractivity contribution in [1.29, 1.82) is 0 Å². The Labute approximate surface area is 93.0 Å². The van der Waals surface area contributed by atoms with Gasteiger partial charge in [-0.25, -0.2) is 0 Å². The SMILES string of the molecule is O=C([O-])CCc1c(O)ccc2ccccc12. The second-order valence-corrected chi connectivity index (χ2v) is 3.66. The number of aromatic hydroxyl groups is 1. The highest BCUT2D eigenvalue weighted by atomic mass is 16.4. The Kier molecular flexibility index (Phi) is 2.77. The number of aryl methyl sites for hydroxylation is 1. The third kappa shape index (κ3) is 1.98. The minimum atomic E-state index is -1.10. The lowest BCUT2D eigenvalue weighted by molar-refractivity contribution is -0.305. The Bertz CT molecular complexity index is 532. The van der Waals surface area contributed by atoms with Gasteiger partial charge in [0.15, 0.2) is 0 Å². The van der Waals surface area contributed by atoms with Gasteiger partial charge in [-0.1, -0.05) is 30.3 Å². The van der Waals surface area contributed by atoms with Crippen LogP contribution in [0.15, 0.2) is 36.4 Å². The predicted molar refractivity (Wildman–Crippen MR) is 58.9 cm³/mol. The van der Waals surface area contributed by atoms with Crippen molar-refractivity contribution in [1.82, 2.24) is 0 Å². The fourth-order valence-electron chi connectivity index (χ4n) is 1.81. The predicted octanol–water partition coefficient (Wildman–Crippen LogP) is 1.23. The second-order valence-electron chi connectivity index (χ2n) is 3.66. The van der Waals surface area contributed by atoms with E-state index in [0.29, 0.717) is 5.56 Å². The normalized spacial score (nSPS) is 10.5. The molecule has 2 aromatic carbocycles. The molecule has 0 aliphatic heterocycles. The zero-order valence-corrected chi connectivity index (χ0v) is 8.64. The third-order valence-corrected chi connectivity index (χ3v) is 2.59. The Morgan fingerprint density at radius 2 is 1.94 bits per heavy atom. The number of phenolic OH excluding ortho intramolecular Hbond substituents is 1. The lowest BCUT2D eigenvalue weighted by Gasteiger charge is -2.09. The number of hydrogen-bond acceptors (Lipinski definition) is 3. The Balaban J connectivity index is 2.48. The molecule has 3 heteroatoms. The van der Waals surface area contributed by atoms with E-state index in [2.05, 4.69) is 0 Å². The molecule has 0 saturated carbocycles. The fraction of sp³-hybridized carbons (Fsp3) is 0.154. The summed E-state index contributed by atoms with van der Waals surface area (Å²) >= 11 is 0. The van der Waals surface area contributed by atoms with E-state index in [9.17, 15) is 15.0 Å². The standard InChI is InChI=1S/C13H12O3/c14-12-7-5-9-3-1-2-4-10(9)11(12)6-8-13(15)16/h1-5,7,14H,6,8H2,(H,15,16)/p-1. The van der Waals surface area contributed by atoms with Crippen LogP contribution in [0.5, 0.6) is 5.75 Å². The summed E-state index contributed by atoms with van der Waals surface area (Å²) in [5, 5.41) is 22.0. The minimum Gasteiger partial charge on any atom is -0.550 e. The molecule has 0 aromatic heterocycles. The summed E-state index contributed by atoms with van der Waals surface area (Å²) in [4.78, 5) is 10.4. The number of benzene rings is 2. The number of phenols is 1. The molecule has 82 valence electrons. The molecule has 0 spiro atoms. The Morgan fingerprint density at radius 3 is 2.69 bits per heavy atom. The summed E-state index contributed by atoms with van der Waals surface area (Å²) < 4.78 is 0. The molecule has 0 bridgehead atoms. The first-order valence-electron chi connectivity index (χ1n) is 5.08. The van der Waals surface area contributed by atoms with Crippen molar-refractivity contribution in [2.75, 3.05) is 0 Å². The quantitative estimate of drug-likeness (QED) is 0.837. The van der Waals surface area contributed by atoms with Gasteiger partial charge in [0.2, 0.25) is 0 Å². The number of carbonyl (C=O) groups excluding carboxylic acids is 1. The largest absolute Gasteiger partial charge is 0.550 e. The lowest BCUT2D eigenvalue weighted by Crippen LogP contribution is -2.22. The first-order chi connectivity index (χ1) is 7.68. The topological polar surface area (TPSA) is 60.4 Å². The molecule has 0 radical (unpaired) electrons. The highest BCUT2D eigenvalue weighted by Crippen LogP contribution is 2.27. The van der Waals surface area contributed by atoms with Crippen LogP contribution in [-0.4, -0.2) is 11.1 Å². The molecule has 0 atom stereocenters. The van der Waals surface area contributed by atoms with Crippen LogP contribution in [0, 0.1) is 0 Å².